The number of amides is 1. The van der Waals surface area contributed by atoms with Crippen molar-refractivity contribution in [2.75, 3.05) is 13.7 Å². The number of carboxylic acid groups (broad SMARTS) is 1. The van der Waals surface area contributed by atoms with E-state index in [2.05, 4.69) is 10.1 Å². The van der Waals surface area contributed by atoms with Crippen LogP contribution in [0.1, 0.15) is 27.1 Å². The Morgan fingerprint density at radius 3 is 2.39 bits per heavy atom. The van der Waals surface area contributed by atoms with E-state index >= 15 is 0 Å². The number of carbonyl (C=O) groups excluding carboxylic acids is 2. The summed E-state index contributed by atoms with van der Waals surface area (Å²) in [6.45, 7) is 0.00364. The van der Waals surface area contributed by atoms with Crippen LogP contribution in [-0.4, -0.2) is 36.6 Å². The minimum absolute atomic E-state index is 0.00364. The Hall–Kier alpha value is -2.37. The van der Waals surface area contributed by atoms with Gasteiger partial charge in [0.15, 0.2) is 0 Å². The molecule has 0 heterocycles. The topological polar surface area (TPSA) is 92.7 Å². The second kappa shape index (κ2) is 6.39. The monoisotopic (exact) mass is 251 g/mol. The molecule has 0 saturated carbocycles. The van der Waals surface area contributed by atoms with Crippen LogP contribution in [0.3, 0.4) is 0 Å². The quantitative estimate of drug-likeness (QED) is 0.750. The lowest BCUT2D eigenvalue weighted by Gasteiger charge is -2.07. The number of methoxy groups -OCH3 is 1. The molecule has 0 aliphatic rings. The third-order valence-electron chi connectivity index (χ3n) is 2.20. The third kappa shape index (κ3) is 3.58. The van der Waals surface area contributed by atoms with E-state index < -0.39 is 17.8 Å². The van der Waals surface area contributed by atoms with E-state index in [1.807, 2.05) is 0 Å². The highest BCUT2D eigenvalue weighted by molar-refractivity contribution is 6.05. The number of esters is 1. The summed E-state index contributed by atoms with van der Waals surface area (Å²) < 4.78 is 4.56. The molecule has 2 N–H and O–H groups in total. The highest BCUT2D eigenvalue weighted by atomic mass is 16.5. The number of rotatable bonds is 5. The number of carboxylic acids is 1. The SMILES string of the molecule is COC(=O)c1ccccc1C(=O)NCCC(=O)O. The summed E-state index contributed by atoms with van der Waals surface area (Å²) in [7, 11) is 1.22. The van der Waals surface area contributed by atoms with Gasteiger partial charge in [-0.05, 0) is 12.1 Å². The van der Waals surface area contributed by atoms with Crippen LogP contribution in [-0.2, 0) is 9.53 Å². The van der Waals surface area contributed by atoms with Gasteiger partial charge in [0, 0.05) is 6.54 Å². The lowest BCUT2D eigenvalue weighted by atomic mass is 10.1. The molecule has 6 heteroatoms. The standard InChI is InChI=1S/C12H13NO5/c1-18-12(17)9-5-3-2-4-8(9)11(16)13-7-6-10(14)15/h2-5H,6-7H2,1H3,(H,13,16)(H,14,15). The van der Waals surface area contributed by atoms with E-state index in [1.165, 1.54) is 19.2 Å². The molecule has 0 bridgehead atoms. The second-order valence-electron chi connectivity index (χ2n) is 3.44. The summed E-state index contributed by atoms with van der Waals surface area (Å²) in [5, 5.41) is 10.9. The average Bonchev–Trinajstić information content (AvgIpc) is 2.37. The molecule has 0 aliphatic heterocycles. The van der Waals surface area contributed by atoms with Gasteiger partial charge in [-0.1, -0.05) is 12.1 Å². The van der Waals surface area contributed by atoms with Gasteiger partial charge in [0.1, 0.15) is 0 Å². The van der Waals surface area contributed by atoms with Crippen molar-refractivity contribution in [1.29, 1.82) is 0 Å². The Balaban J connectivity index is 2.79. The van der Waals surface area contributed by atoms with Gasteiger partial charge in [-0.15, -0.1) is 0 Å². The van der Waals surface area contributed by atoms with Gasteiger partial charge in [0.05, 0.1) is 24.7 Å². The Morgan fingerprint density at radius 2 is 1.83 bits per heavy atom. The molecule has 0 radical (unpaired) electrons. The number of benzene rings is 1. The Morgan fingerprint density at radius 1 is 1.22 bits per heavy atom. The van der Waals surface area contributed by atoms with Gasteiger partial charge < -0.3 is 15.2 Å². The Kier molecular flexibility index (Phi) is 4.86. The fourth-order valence-electron chi connectivity index (χ4n) is 1.35. The zero-order valence-electron chi connectivity index (χ0n) is 9.80. The van der Waals surface area contributed by atoms with Gasteiger partial charge in [-0.2, -0.15) is 0 Å². The van der Waals surface area contributed by atoms with E-state index in [1.54, 1.807) is 12.1 Å². The molecule has 0 spiro atoms. The minimum Gasteiger partial charge on any atom is -0.481 e. The van der Waals surface area contributed by atoms with Crippen LogP contribution in [0.15, 0.2) is 24.3 Å². The summed E-state index contributed by atoms with van der Waals surface area (Å²) in [4.78, 5) is 33.5. The first-order valence-corrected chi connectivity index (χ1v) is 5.23. The number of aliphatic carboxylic acids is 1. The maximum Gasteiger partial charge on any atom is 0.338 e. The summed E-state index contributed by atoms with van der Waals surface area (Å²) in [6.07, 6.45) is -0.174. The number of nitrogens with one attached hydrogen (secondary N) is 1. The predicted octanol–water partition coefficient (Wildman–Crippen LogP) is 0.678. The molecular formula is C12H13NO5. The number of ether oxygens (including phenoxy) is 1. The zero-order valence-corrected chi connectivity index (χ0v) is 9.80. The highest BCUT2D eigenvalue weighted by Gasteiger charge is 2.16. The smallest absolute Gasteiger partial charge is 0.338 e. The Bertz CT molecular complexity index is 469. The summed E-state index contributed by atoms with van der Waals surface area (Å²) in [5.74, 6) is -2.12. The van der Waals surface area contributed by atoms with Crippen molar-refractivity contribution in [3.63, 3.8) is 0 Å². The molecule has 0 aliphatic carbocycles. The van der Waals surface area contributed by atoms with E-state index in [0.29, 0.717) is 0 Å². The van der Waals surface area contributed by atoms with Crippen molar-refractivity contribution in [2.24, 2.45) is 0 Å². The fraction of sp³-hybridized carbons (Fsp3) is 0.250. The van der Waals surface area contributed by atoms with Gasteiger partial charge >= 0.3 is 11.9 Å². The number of hydrogen-bond donors (Lipinski definition) is 2. The van der Waals surface area contributed by atoms with Crippen molar-refractivity contribution in [3.05, 3.63) is 35.4 Å². The molecule has 0 aromatic heterocycles. The predicted molar refractivity (Wildman–Crippen MR) is 62.4 cm³/mol. The first-order valence-electron chi connectivity index (χ1n) is 5.23. The van der Waals surface area contributed by atoms with Crippen molar-refractivity contribution in [2.45, 2.75) is 6.42 Å². The van der Waals surface area contributed by atoms with Crippen LogP contribution in [0.25, 0.3) is 0 Å². The second-order valence-corrected chi connectivity index (χ2v) is 3.44. The molecule has 1 aromatic rings. The molecular weight excluding hydrogens is 238 g/mol. The van der Waals surface area contributed by atoms with Crippen LogP contribution < -0.4 is 5.32 Å². The molecule has 0 atom stereocenters. The summed E-state index contributed by atoms with van der Waals surface area (Å²) >= 11 is 0. The minimum atomic E-state index is -1.00. The maximum atomic E-state index is 11.8. The van der Waals surface area contributed by atoms with Crippen LogP contribution in [0, 0.1) is 0 Å². The van der Waals surface area contributed by atoms with Gasteiger partial charge in [-0.3, -0.25) is 9.59 Å². The fourth-order valence-corrected chi connectivity index (χ4v) is 1.35. The van der Waals surface area contributed by atoms with E-state index in [9.17, 15) is 14.4 Å². The van der Waals surface area contributed by atoms with Gasteiger partial charge in [0.2, 0.25) is 0 Å². The van der Waals surface area contributed by atoms with Crippen molar-refractivity contribution in [1.82, 2.24) is 5.32 Å². The van der Waals surface area contributed by atoms with E-state index in [-0.39, 0.29) is 24.1 Å². The molecule has 18 heavy (non-hydrogen) atoms. The van der Waals surface area contributed by atoms with Crippen molar-refractivity contribution < 1.29 is 24.2 Å². The largest absolute Gasteiger partial charge is 0.481 e. The van der Waals surface area contributed by atoms with Crippen LogP contribution in [0.4, 0.5) is 0 Å². The lowest BCUT2D eigenvalue weighted by Crippen LogP contribution is -2.27. The maximum absolute atomic E-state index is 11.8. The molecule has 0 saturated heterocycles. The molecule has 1 rings (SSSR count). The van der Waals surface area contributed by atoms with Gasteiger partial charge in [0.25, 0.3) is 5.91 Å². The number of carbonyl (C=O) groups is 3. The molecule has 0 unspecified atom stereocenters. The van der Waals surface area contributed by atoms with Gasteiger partial charge in [-0.25, -0.2) is 4.79 Å². The van der Waals surface area contributed by atoms with E-state index in [4.69, 9.17) is 5.11 Å². The summed E-state index contributed by atoms with van der Waals surface area (Å²) in [6, 6.07) is 6.17. The highest BCUT2D eigenvalue weighted by Crippen LogP contribution is 2.09. The molecule has 0 fully saturated rings. The molecule has 1 aromatic carbocycles. The van der Waals surface area contributed by atoms with Crippen LogP contribution in [0.2, 0.25) is 0 Å². The Labute approximate surface area is 104 Å². The summed E-state index contributed by atoms with van der Waals surface area (Å²) in [5.41, 5.74) is 0.308. The van der Waals surface area contributed by atoms with E-state index in [0.717, 1.165) is 0 Å². The van der Waals surface area contributed by atoms with Crippen molar-refractivity contribution in [3.8, 4) is 0 Å². The van der Waals surface area contributed by atoms with Crippen LogP contribution in [0.5, 0.6) is 0 Å². The third-order valence-corrected chi connectivity index (χ3v) is 2.20. The normalized spacial score (nSPS) is 9.61. The lowest BCUT2D eigenvalue weighted by molar-refractivity contribution is -0.136. The van der Waals surface area contributed by atoms with Crippen molar-refractivity contribution >= 4 is 17.8 Å². The average molecular weight is 251 g/mol. The first kappa shape index (κ1) is 13.7. The molecule has 1 amide bonds. The van der Waals surface area contributed by atoms with Crippen LogP contribution >= 0.6 is 0 Å². The first-order chi connectivity index (χ1) is 8.56. The zero-order chi connectivity index (χ0) is 13.5. The molecule has 96 valence electrons. The number of hydrogen-bond acceptors (Lipinski definition) is 4. The molecule has 6 nitrogen and oxygen atoms in total.